The van der Waals surface area contributed by atoms with E-state index in [0.717, 1.165) is 19.0 Å². The van der Waals surface area contributed by atoms with Crippen LogP contribution in [0, 0.1) is 27.4 Å². The Labute approximate surface area is 156 Å². The van der Waals surface area contributed by atoms with Gasteiger partial charge in [-0.25, -0.2) is 4.98 Å². The molecule has 0 saturated carbocycles. The number of nitro groups is 1. The summed E-state index contributed by atoms with van der Waals surface area (Å²) in [6.45, 7) is 5.05. The molecule has 0 amide bonds. The van der Waals surface area contributed by atoms with Gasteiger partial charge in [-0.15, -0.1) is 11.3 Å². The number of hydrogen-bond acceptors (Lipinski definition) is 7. The number of hydrogen-bond donors (Lipinski definition) is 1. The van der Waals surface area contributed by atoms with E-state index in [2.05, 4.69) is 39.6 Å². The topological polar surface area (TPSA) is 95.1 Å². The predicted molar refractivity (Wildman–Crippen MR) is 101 cm³/mol. The maximum atomic E-state index is 10.9. The minimum absolute atomic E-state index is 0.167. The Balaban J connectivity index is 1.74. The maximum absolute atomic E-state index is 10.9. The molecule has 1 N–H and O–H groups in total. The van der Waals surface area contributed by atoms with Gasteiger partial charge in [-0.05, 0) is 49.4 Å². The number of anilines is 1. The van der Waals surface area contributed by atoms with Crippen molar-refractivity contribution in [1.82, 2.24) is 9.88 Å². The lowest BCUT2D eigenvalue weighted by molar-refractivity contribution is -0.385. The van der Waals surface area contributed by atoms with Crippen molar-refractivity contribution in [3.63, 3.8) is 0 Å². The zero-order chi connectivity index (χ0) is 18.5. The molecule has 8 heteroatoms. The van der Waals surface area contributed by atoms with Gasteiger partial charge in [-0.2, -0.15) is 5.26 Å². The smallest absolute Gasteiger partial charge is 0.305 e. The average Bonchev–Trinajstić information content (AvgIpc) is 3.17. The van der Waals surface area contributed by atoms with Gasteiger partial charge in [0.05, 0.1) is 11.0 Å². The van der Waals surface area contributed by atoms with Crippen LogP contribution in [0.25, 0.3) is 0 Å². The fourth-order valence-electron chi connectivity index (χ4n) is 3.21. The van der Waals surface area contributed by atoms with Crippen molar-refractivity contribution in [3.8, 4) is 6.07 Å². The molecular formula is C18H21N5O2S. The van der Waals surface area contributed by atoms with Crippen LogP contribution in [-0.4, -0.2) is 34.4 Å². The van der Waals surface area contributed by atoms with Crippen molar-refractivity contribution in [1.29, 1.82) is 5.26 Å². The van der Waals surface area contributed by atoms with Crippen LogP contribution < -0.4 is 5.32 Å². The number of nitrogens with zero attached hydrogens (tertiary/aromatic N) is 4. The Morgan fingerprint density at radius 2 is 2.23 bits per heavy atom. The molecule has 0 radical (unpaired) electrons. The first-order valence-corrected chi connectivity index (χ1v) is 9.53. The lowest BCUT2D eigenvalue weighted by atomic mass is 9.97. The van der Waals surface area contributed by atoms with Crippen molar-refractivity contribution in [3.05, 3.63) is 50.3 Å². The summed E-state index contributed by atoms with van der Waals surface area (Å²) < 4.78 is 0. The highest BCUT2D eigenvalue weighted by molar-refractivity contribution is 7.10. The van der Waals surface area contributed by atoms with Crippen LogP contribution in [-0.2, 0) is 0 Å². The monoisotopic (exact) mass is 371 g/mol. The minimum atomic E-state index is -0.585. The fourth-order valence-corrected chi connectivity index (χ4v) is 4.07. The second-order valence-electron chi connectivity index (χ2n) is 6.56. The van der Waals surface area contributed by atoms with Crippen LogP contribution in [0.4, 0.5) is 11.5 Å². The van der Waals surface area contributed by atoms with Gasteiger partial charge in [0.15, 0.2) is 0 Å². The van der Waals surface area contributed by atoms with E-state index in [9.17, 15) is 10.1 Å². The summed E-state index contributed by atoms with van der Waals surface area (Å²) >= 11 is 1.73. The van der Waals surface area contributed by atoms with Crippen LogP contribution >= 0.6 is 11.3 Å². The first-order chi connectivity index (χ1) is 12.6. The molecule has 7 nitrogen and oxygen atoms in total. The van der Waals surface area contributed by atoms with Crippen LogP contribution in [0.15, 0.2) is 29.6 Å². The van der Waals surface area contributed by atoms with E-state index < -0.39 is 4.92 Å². The lowest BCUT2D eigenvalue weighted by Gasteiger charge is -2.36. The second-order valence-corrected chi connectivity index (χ2v) is 7.54. The molecule has 0 aromatic carbocycles. The standard InChI is InChI=1S/C18H21N5O2S/c1-13-6-8-22(9-7-13)16(17-3-2-10-26-17)12-20-18-5-4-15(23(24)25)14(11-19)21-18/h2-5,10,13,16H,6-9,12H2,1H3,(H,20,21). The summed E-state index contributed by atoms with van der Waals surface area (Å²) in [5, 5.41) is 25.4. The number of rotatable bonds is 6. The molecule has 1 aliphatic heterocycles. The number of pyridine rings is 1. The van der Waals surface area contributed by atoms with Crippen molar-refractivity contribution in [2.24, 2.45) is 5.92 Å². The zero-order valence-electron chi connectivity index (χ0n) is 14.6. The SMILES string of the molecule is CC1CCN(C(CNc2ccc([N+](=O)[O-])c(C#N)n2)c2cccs2)CC1. The maximum Gasteiger partial charge on any atom is 0.305 e. The number of nitriles is 1. The highest BCUT2D eigenvalue weighted by Crippen LogP contribution is 2.30. The van der Waals surface area contributed by atoms with Crippen molar-refractivity contribution in [2.75, 3.05) is 25.0 Å². The Morgan fingerprint density at radius 3 is 2.85 bits per heavy atom. The molecule has 1 aliphatic rings. The summed E-state index contributed by atoms with van der Waals surface area (Å²) in [5.74, 6) is 1.25. The molecule has 3 heterocycles. The Bertz CT molecular complexity index is 794. The van der Waals surface area contributed by atoms with Crippen LogP contribution in [0.2, 0.25) is 0 Å². The second kappa shape index (κ2) is 8.25. The largest absolute Gasteiger partial charge is 0.368 e. The number of nitrogens with one attached hydrogen (secondary N) is 1. The quantitative estimate of drug-likeness (QED) is 0.613. The van der Waals surface area contributed by atoms with Gasteiger partial charge < -0.3 is 5.32 Å². The molecule has 1 saturated heterocycles. The number of likely N-dealkylation sites (tertiary alicyclic amines) is 1. The van der Waals surface area contributed by atoms with Gasteiger partial charge in [0.2, 0.25) is 5.69 Å². The van der Waals surface area contributed by atoms with Crippen LogP contribution in [0.5, 0.6) is 0 Å². The van der Waals surface area contributed by atoms with Crippen molar-refractivity contribution >= 4 is 22.8 Å². The van der Waals surface area contributed by atoms with E-state index >= 15 is 0 Å². The average molecular weight is 371 g/mol. The van der Waals surface area contributed by atoms with Crippen LogP contribution in [0.3, 0.4) is 0 Å². The third kappa shape index (κ3) is 4.18. The fraction of sp³-hybridized carbons (Fsp3) is 0.444. The molecule has 2 aromatic rings. The number of thiophene rings is 1. The molecular weight excluding hydrogens is 350 g/mol. The zero-order valence-corrected chi connectivity index (χ0v) is 15.4. The van der Waals surface area contributed by atoms with Gasteiger partial charge in [0, 0.05) is 17.5 Å². The first kappa shape index (κ1) is 18.3. The van der Waals surface area contributed by atoms with Gasteiger partial charge in [0.1, 0.15) is 11.9 Å². The van der Waals surface area contributed by atoms with Crippen LogP contribution in [0.1, 0.15) is 36.4 Å². The summed E-state index contributed by atoms with van der Waals surface area (Å²) in [4.78, 5) is 18.2. The molecule has 1 atom stereocenters. The molecule has 0 spiro atoms. The van der Waals surface area contributed by atoms with Gasteiger partial charge in [-0.1, -0.05) is 13.0 Å². The third-order valence-electron chi connectivity index (χ3n) is 4.78. The number of piperidine rings is 1. The first-order valence-electron chi connectivity index (χ1n) is 8.65. The van der Waals surface area contributed by atoms with E-state index in [4.69, 9.17) is 5.26 Å². The van der Waals surface area contributed by atoms with Gasteiger partial charge in [-0.3, -0.25) is 15.0 Å². The Morgan fingerprint density at radius 1 is 1.46 bits per heavy atom. The highest BCUT2D eigenvalue weighted by Gasteiger charge is 2.25. The molecule has 3 rings (SSSR count). The predicted octanol–water partition coefficient (Wildman–Crippen LogP) is 3.81. The third-order valence-corrected chi connectivity index (χ3v) is 5.76. The summed E-state index contributed by atoms with van der Waals surface area (Å²) in [5.41, 5.74) is -0.433. The van der Waals surface area contributed by atoms with E-state index in [0.29, 0.717) is 12.4 Å². The molecule has 0 aliphatic carbocycles. The Kier molecular flexibility index (Phi) is 5.81. The van der Waals surface area contributed by atoms with Crippen molar-refractivity contribution < 1.29 is 4.92 Å². The summed E-state index contributed by atoms with van der Waals surface area (Å²) in [6, 6.07) is 9.11. The molecule has 2 aromatic heterocycles. The van der Waals surface area contributed by atoms with Gasteiger partial charge >= 0.3 is 5.69 Å². The molecule has 26 heavy (non-hydrogen) atoms. The van der Waals surface area contributed by atoms with E-state index in [1.807, 2.05) is 0 Å². The molecule has 1 unspecified atom stereocenters. The molecule has 136 valence electrons. The van der Waals surface area contributed by atoms with E-state index in [1.165, 1.54) is 23.8 Å². The van der Waals surface area contributed by atoms with Crippen molar-refractivity contribution in [2.45, 2.75) is 25.8 Å². The normalized spacial score (nSPS) is 16.8. The number of aromatic nitrogens is 1. The summed E-state index contributed by atoms with van der Waals surface area (Å²) in [6.07, 6.45) is 2.38. The highest BCUT2D eigenvalue weighted by atomic mass is 32.1. The molecule has 1 fully saturated rings. The lowest BCUT2D eigenvalue weighted by Crippen LogP contribution is -2.38. The van der Waals surface area contributed by atoms with E-state index in [1.54, 1.807) is 23.5 Å². The minimum Gasteiger partial charge on any atom is -0.368 e. The Hall–Kier alpha value is -2.50. The van der Waals surface area contributed by atoms with Gasteiger partial charge in [0.25, 0.3) is 0 Å². The molecule has 0 bridgehead atoms. The van der Waals surface area contributed by atoms with E-state index in [-0.39, 0.29) is 17.4 Å². The summed E-state index contributed by atoms with van der Waals surface area (Å²) in [7, 11) is 0.